The zero-order valence-electron chi connectivity index (χ0n) is 43.8. The third-order valence-corrected chi connectivity index (χ3v) is 14.9. The zero-order chi connectivity index (χ0) is 57.3. The molecule has 14 aromatic rings. The van der Waals surface area contributed by atoms with E-state index in [4.69, 9.17) is 29.9 Å². The lowest BCUT2D eigenvalue weighted by Crippen LogP contribution is -2.14. The summed E-state index contributed by atoms with van der Waals surface area (Å²) in [6, 6.07) is 70.7. The summed E-state index contributed by atoms with van der Waals surface area (Å²) in [5.41, 5.74) is 2.97. The fourth-order valence-corrected chi connectivity index (χ4v) is 11.1. The van der Waals surface area contributed by atoms with Gasteiger partial charge in [-0.05, 0) is 78.4 Å². The van der Waals surface area contributed by atoms with Crippen LogP contribution in [0.4, 0.5) is 26.3 Å². The van der Waals surface area contributed by atoms with Crippen LogP contribution in [0.1, 0.15) is 16.7 Å². The number of rotatable bonds is 9. The maximum Gasteiger partial charge on any atom is 0.417 e. The Morgan fingerprint density at radius 2 is 0.667 bits per heavy atom. The first-order valence-electron chi connectivity index (χ1n) is 26.5. The van der Waals surface area contributed by atoms with E-state index in [0.29, 0.717) is 95.8 Å². The predicted octanol–water partition coefficient (Wildman–Crippen LogP) is 17.8. The molecule has 84 heavy (non-hydrogen) atoms. The van der Waals surface area contributed by atoms with E-state index >= 15 is 13.2 Å². The Morgan fingerprint density at radius 1 is 0.321 bits per heavy atom. The van der Waals surface area contributed by atoms with Gasteiger partial charge in [0.15, 0.2) is 34.9 Å². The van der Waals surface area contributed by atoms with Crippen molar-refractivity contribution in [3.63, 3.8) is 0 Å². The molecule has 0 amide bonds. The number of hydrogen-bond donors (Lipinski definition) is 0. The molecular formula is C69H39F6N9. The molecule has 402 valence electrons. The van der Waals surface area contributed by atoms with Crippen LogP contribution in [0.25, 0.3) is 134 Å². The van der Waals surface area contributed by atoms with Crippen LogP contribution in [0.2, 0.25) is 0 Å². The third kappa shape index (κ3) is 9.02. The molecule has 10 aromatic carbocycles. The van der Waals surface area contributed by atoms with E-state index in [1.165, 1.54) is 12.1 Å². The quantitative estimate of drug-likeness (QED) is 0.132. The van der Waals surface area contributed by atoms with E-state index < -0.39 is 29.0 Å². The number of fused-ring (bicyclic) bond motifs is 6. The number of nitrogens with zero attached hydrogens (tertiary/aromatic N) is 9. The van der Waals surface area contributed by atoms with Crippen LogP contribution in [0.5, 0.6) is 0 Å². The predicted molar refractivity (Wildman–Crippen MR) is 315 cm³/mol. The van der Waals surface area contributed by atoms with E-state index in [1.807, 2.05) is 194 Å². The van der Waals surface area contributed by atoms with Crippen molar-refractivity contribution in [3.8, 4) is 96.9 Å². The first-order valence-corrected chi connectivity index (χ1v) is 26.5. The SMILES string of the molecule is N#Cc1cc(-n2c3ccccc3c3cc(-c4nc(-c5ccccc5)nc(-c5ccccc5)n4)ccc32)c(-c2ccc(C(F)(F)F)cc2C(F)(F)F)c(-n2c3ccccc3c3cc(-c4nc(-c5ccccc5)nc(-c5ccccc5)n4)ccc32)c1. The Bertz CT molecular complexity index is 4560. The minimum atomic E-state index is -5.30. The van der Waals surface area contributed by atoms with Gasteiger partial charge in [-0.25, -0.2) is 29.9 Å². The fraction of sp³-hybridized carbons (Fsp3) is 0.0290. The smallest absolute Gasteiger partial charge is 0.308 e. The minimum Gasteiger partial charge on any atom is -0.308 e. The highest BCUT2D eigenvalue weighted by molar-refractivity contribution is 6.13. The molecular weight excluding hydrogens is 1070 g/mol. The van der Waals surface area contributed by atoms with Gasteiger partial charge in [-0.2, -0.15) is 31.6 Å². The molecule has 0 unspecified atom stereocenters. The largest absolute Gasteiger partial charge is 0.417 e. The highest BCUT2D eigenvalue weighted by Crippen LogP contribution is 2.48. The van der Waals surface area contributed by atoms with Gasteiger partial charge in [-0.1, -0.05) is 164 Å². The minimum absolute atomic E-state index is 0.0634. The topological polar surface area (TPSA) is 111 Å². The molecule has 0 fully saturated rings. The molecule has 0 atom stereocenters. The van der Waals surface area contributed by atoms with Crippen LogP contribution >= 0.6 is 0 Å². The Balaban J connectivity index is 1.04. The summed E-state index contributed by atoms with van der Waals surface area (Å²) in [6.45, 7) is 0. The molecule has 0 aliphatic rings. The van der Waals surface area contributed by atoms with Crippen LogP contribution in [0, 0.1) is 11.3 Å². The Morgan fingerprint density at radius 3 is 1.02 bits per heavy atom. The standard InChI is InChI=1S/C69H39F6N9/c70-68(71,72)48-31-32-51(54(39-48)69(73,74)75)61-59(83-55-27-15-13-25-49(55)52-37-46(29-33-57(52)83)66-79-62(42-17-5-1-6-18-42)77-63(80-66)43-19-7-2-8-20-43)35-41(40-76)36-60(61)84-56-28-16-14-26-50(56)53-38-47(30-34-58(53)84)67-81-64(44-21-9-3-10-22-44)78-65(82-67)45-23-11-4-12-24-45/h1-39H. The number of alkyl halides is 6. The molecule has 9 nitrogen and oxygen atoms in total. The van der Waals surface area contributed by atoms with Crippen LogP contribution in [0.3, 0.4) is 0 Å². The van der Waals surface area contributed by atoms with Crippen LogP contribution in [-0.4, -0.2) is 39.0 Å². The van der Waals surface area contributed by atoms with Gasteiger partial charge in [0.25, 0.3) is 0 Å². The monoisotopic (exact) mass is 1110 g/mol. The lowest BCUT2D eigenvalue weighted by Gasteiger charge is -2.24. The molecule has 0 aliphatic heterocycles. The molecule has 0 saturated carbocycles. The van der Waals surface area contributed by atoms with E-state index in [0.717, 1.165) is 28.3 Å². The summed E-state index contributed by atoms with van der Waals surface area (Å²) in [7, 11) is 0. The van der Waals surface area contributed by atoms with Crippen molar-refractivity contribution in [1.82, 2.24) is 39.0 Å². The molecule has 0 aliphatic carbocycles. The second kappa shape index (κ2) is 20.2. The number of benzene rings is 10. The van der Waals surface area contributed by atoms with Crippen molar-refractivity contribution < 1.29 is 26.3 Å². The molecule has 0 spiro atoms. The number of halogens is 6. The van der Waals surface area contributed by atoms with Gasteiger partial charge in [-0.3, -0.25) is 0 Å². The summed E-state index contributed by atoms with van der Waals surface area (Å²) in [5.74, 6) is 2.45. The molecule has 14 rings (SSSR count). The summed E-state index contributed by atoms with van der Waals surface area (Å²) >= 11 is 0. The van der Waals surface area contributed by atoms with Crippen LogP contribution < -0.4 is 0 Å². The van der Waals surface area contributed by atoms with Crippen LogP contribution in [-0.2, 0) is 12.4 Å². The van der Waals surface area contributed by atoms with Crippen molar-refractivity contribution in [2.75, 3.05) is 0 Å². The van der Waals surface area contributed by atoms with Gasteiger partial charge in [-0.15, -0.1) is 0 Å². The van der Waals surface area contributed by atoms with E-state index in [1.54, 1.807) is 21.3 Å². The molecule has 0 saturated heterocycles. The summed E-state index contributed by atoms with van der Waals surface area (Å²) in [6.07, 6.45) is -10.4. The highest BCUT2D eigenvalue weighted by atomic mass is 19.4. The van der Waals surface area contributed by atoms with Gasteiger partial charge in [0.05, 0.1) is 56.2 Å². The summed E-state index contributed by atoms with van der Waals surface area (Å²) in [5, 5.41) is 13.7. The first kappa shape index (κ1) is 51.1. The average Bonchev–Trinajstić information content (AvgIpc) is 1.95. The van der Waals surface area contributed by atoms with E-state index in [2.05, 4.69) is 6.07 Å². The molecule has 4 heterocycles. The van der Waals surface area contributed by atoms with Crippen molar-refractivity contribution in [3.05, 3.63) is 253 Å². The summed E-state index contributed by atoms with van der Waals surface area (Å²) < 4.78 is 95.0. The maximum absolute atomic E-state index is 15.9. The number of aromatic nitrogens is 8. The highest BCUT2D eigenvalue weighted by Gasteiger charge is 2.40. The number of hydrogen-bond acceptors (Lipinski definition) is 7. The van der Waals surface area contributed by atoms with Crippen molar-refractivity contribution in [1.29, 1.82) is 5.26 Å². The third-order valence-electron chi connectivity index (χ3n) is 14.9. The fourth-order valence-electron chi connectivity index (χ4n) is 11.1. The van der Waals surface area contributed by atoms with Gasteiger partial charge in [0.2, 0.25) is 0 Å². The van der Waals surface area contributed by atoms with Crippen molar-refractivity contribution in [2.45, 2.75) is 12.4 Å². The normalized spacial score (nSPS) is 11.9. The average molecular weight is 1110 g/mol. The van der Waals surface area contributed by atoms with Crippen molar-refractivity contribution >= 4 is 43.6 Å². The first-order chi connectivity index (χ1) is 40.9. The lowest BCUT2D eigenvalue weighted by atomic mass is 9.92. The Hall–Kier alpha value is -11.1. The van der Waals surface area contributed by atoms with E-state index in [9.17, 15) is 18.4 Å². The van der Waals surface area contributed by atoms with Gasteiger partial charge < -0.3 is 9.13 Å². The Kier molecular flexibility index (Phi) is 12.3. The number of nitriles is 1. The molecule has 4 aromatic heterocycles. The second-order valence-corrected chi connectivity index (χ2v) is 20.0. The zero-order valence-corrected chi connectivity index (χ0v) is 43.8. The van der Waals surface area contributed by atoms with Crippen molar-refractivity contribution in [2.24, 2.45) is 0 Å². The Labute approximate surface area is 474 Å². The van der Waals surface area contributed by atoms with E-state index in [-0.39, 0.29) is 28.6 Å². The molecule has 15 heteroatoms. The van der Waals surface area contributed by atoms with Gasteiger partial charge in [0.1, 0.15) is 0 Å². The second-order valence-electron chi connectivity index (χ2n) is 20.0. The molecule has 0 radical (unpaired) electrons. The van der Waals surface area contributed by atoms with Gasteiger partial charge in [0, 0.05) is 60.5 Å². The van der Waals surface area contributed by atoms with Crippen LogP contribution in [0.15, 0.2) is 237 Å². The molecule has 0 bridgehead atoms. The lowest BCUT2D eigenvalue weighted by molar-refractivity contribution is -0.142. The molecule has 0 N–H and O–H groups in total. The van der Waals surface area contributed by atoms with Gasteiger partial charge >= 0.3 is 12.4 Å². The summed E-state index contributed by atoms with van der Waals surface area (Å²) in [4.78, 5) is 29.6. The maximum atomic E-state index is 15.9. The number of para-hydroxylation sites is 2.